The maximum Gasteiger partial charge on any atom is 0.338 e. The van der Waals surface area contributed by atoms with Gasteiger partial charge in [0.15, 0.2) is 0 Å². The van der Waals surface area contributed by atoms with E-state index in [-0.39, 0.29) is 11.0 Å². The molecule has 4 bridgehead atoms. The van der Waals surface area contributed by atoms with E-state index in [0.29, 0.717) is 12.4 Å². The van der Waals surface area contributed by atoms with Crippen LogP contribution in [-0.4, -0.2) is 17.7 Å². The number of benzene rings is 1. The second-order valence-electron chi connectivity index (χ2n) is 7.65. The molecular weight excluding hydrogens is 283 g/mol. The zero-order chi connectivity index (χ0) is 15.3. The Morgan fingerprint density at radius 2 is 1.77 bits per heavy atom. The second kappa shape index (κ2) is 4.97. The van der Waals surface area contributed by atoms with Gasteiger partial charge in [-0.1, -0.05) is 0 Å². The Morgan fingerprint density at radius 1 is 1.18 bits per heavy atom. The number of carboxylic acids is 1. The van der Waals surface area contributed by atoms with Gasteiger partial charge in [0.2, 0.25) is 0 Å². The van der Waals surface area contributed by atoms with Crippen molar-refractivity contribution in [1.82, 2.24) is 0 Å². The molecule has 22 heavy (non-hydrogen) atoms. The third-order valence-corrected chi connectivity index (χ3v) is 5.88. The maximum atomic E-state index is 13.7. The molecule has 0 radical (unpaired) electrons. The lowest BCUT2D eigenvalue weighted by atomic mass is 9.50. The van der Waals surface area contributed by atoms with Crippen molar-refractivity contribution in [3.63, 3.8) is 0 Å². The Morgan fingerprint density at radius 3 is 2.27 bits per heavy atom. The Labute approximate surface area is 129 Å². The summed E-state index contributed by atoms with van der Waals surface area (Å²) in [5.41, 5.74) is -0.0291. The van der Waals surface area contributed by atoms with Gasteiger partial charge in [-0.25, -0.2) is 9.18 Å². The third-order valence-electron chi connectivity index (χ3n) is 5.88. The average Bonchev–Trinajstić information content (AvgIpc) is 2.43. The lowest BCUT2D eigenvalue weighted by Crippen LogP contribution is -2.48. The van der Waals surface area contributed by atoms with Crippen LogP contribution in [0.2, 0.25) is 0 Å². The van der Waals surface area contributed by atoms with Crippen LogP contribution in [0, 0.1) is 29.0 Å². The van der Waals surface area contributed by atoms with E-state index in [4.69, 9.17) is 9.84 Å². The van der Waals surface area contributed by atoms with Crippen molar-refractivity contribution in [1.29, 1.82) is 0 Å². The van der Waals surface area contributed by atoms with Gasteiger partial charge in [-0.05, 0) is 68.4 Å². The number of hydrogen-bond donors (Lipinski definition) is 1. The highest BCUT2D eigenvalue weighted by molar-refractivity contribution is 5.88. The molecule has 118 valence electrons. The molecule has 0 aliphatic heterocycles. The molecule has 0 amide bonds. The van der Waals surface area contributed by atoms with Gasteiger partial charge < -0.3 is 9.84 Å². The van der Waals surface area contributed by atoms with Crippen LogP contribution in [0.25, 0.3) is 0 Å². The lowest BCUT2D eigenvalue weighted by molar-refractivity contribution is -0.0745. The van der Waals surface area contributed by atoms with E-state index in [0.717, 1.165) is 17.8 Å². The highest BCUT2D eigenvalue weighted by Crippen LogP contribution is 2.60. The number of carboxylic acid groups (broad SMARTS) is 1. The summed E-state index contributed by atoms with van der Waals surface area (Å²) in [7, 11) is 0. The largest absolute Gasteiger partial charge is 0.493 e. The molecule has 3 nitrogen and oxygen atoms in total. The van der Waals surface area contributed by atoms with E-state index in [9.17, 15) is 9.18 Å². The molecule has 0 saturated heterocycles. The number of aromatic carboxylic acids is 1. The predicted octanol–water partition coefficient (Wildman–Crippen LogP) is 4.12. The smallest absolute Gasteiger partial charge is 0.338 e. The van der Waals surface area contributed by atoms with E-state index in [1.54, 1.807) is 6.07 Å². The fourth-order valence-electron chi connectivity index (χ4n) is 5.46. The first-order valence-corrected chi connectivity index (χ1v) is 8.19. The Kier molecular flexibility index (Phi) is 3.17. The van der Waals surface area contributed by atoms with E-state index < -0.39 is 11.8 Å². The highest BCUT2D eigenvalue weighted by atomic mass is 19.1. The van der Waals surface area contributed by atoms with E-state index in [1.807, 2.05) is 0 Å². The van der Waals surface area contributed by atoms with Crippen molar-refractivity contribution >= 4 is 5.97 Å². The van der Waals surface area contributed by atoms with Crippen molar-refractivity contribution in [2.45, 2.75) is 38.5 Å². The molecule has 0 atom stereocenters. The van der Waals surface area contributed by atoms with Gasteiger partial charge in [0.1, 0.15) is 11.6 Å². The Balaban J connectivity index is 1.47. The van der Waals surface area contributed by atoms with Gasteiger partial charge in [0, 0.05) is 11.5 Å². The number of hydrogen-bond acceptors (Lipinski definition) is 2. The van der Waals surface area contributed by atoms with E-state index >= 15 is 0 Å². The number of ether oxygens (including phenoxy) is 1. The first kappa shape index (κ1) is 14.0. The minimum atomic E-state index is -1.25. The summed E-state index contributed by atoms with van der Waals surface area (Å²) in [6.45, 7) is 0.641. The van der Waals surface area contributed by atoms with Gasteiger partial charge >= 0.3 is 5.97 Å². The van der Waals surface area contributed by atoms with Crippen LogP contribution in [0.15, 0.2) is 18.2 Å². The molecular formula is C18H21FO3. The molecule has 0 spiro atoms. The van der Waals surface area contributed by atoms with Gasteiger partial charge in [-0.3, -0.25) is 0 Å². The molecule has 1 aromatic rings. The monoisotopic (exact) mass is 304 g/mol. The molecule has 1 aromatic carbocycles. The normalized spacial score (nSPS) is 35.6. The van der Waals surface area contributed by atoms with Crippen LogP contribution in [-0.2, 0) is 0 Å². The van der Waals surface area contributed by atoms with E-state index in [2.05, 4.69) is 0 Å². The van der Waals surface area contributed by atoms with Crippen LogP contribution >= 0.6 is 0 Å². The molecule has 5 rings (SSSR count). The van der Waals surface area contributed by atoms with Crippen molar-refractivity contribution < 1.29 is 19.0 Å². The number of halogens is 1. The Hall–Kier alpha value is -1.58. The number of carbonyl (C=O) groups is 1. The van der Waals surface area contributed by atoms with Gasteiger partial charge in [-0.2, -0.15) is 0 Å². The van der Waals surface area contributed by atoms with Crippen LogP contribution < -0.4 is 4.74 Å². The van der Waals surface area contributed by atoms with Crippen LogP contribution in [0.3, 0.4) is 0 Å². The van der Waals surface area contributed by atoms with Crippen molar-refractivity contribution in [3.05, 3.63) is 29.6 Å². The molecule has 0 heterocycles. The summed E-state index contributed by atoms with van der Waals surface area (Å²) in [6.07, 6.45) is 7.90. The fraction of sp³-hybridized carbons (Fsp3) is 0.611. The van der Waals surface area contributed by atoms with Crippen molar-refractivity contribution in [3.8, 4) is 5.75 Å². The fourth-order valence-corrected chi connectivity index (χ4v) is 5.46. The first-order chi connectivity index (χ1) is 10.5. The molecule has 4 fully saturated rings. The van der Waals surface area contributed by atoms with Crippen LogP contribution in [0.4, 0.5) is 4.39 Å². The third kappa shape index (κ3) is 2.38. The zero-order valence-electron chi connectivity index (χ0n) is 12.6. The lowest BCUT2D eigenvalue weighted by Gasteiger charge is -2.56. The molecule has 0 unspecified atom stereocenters. The first-order valence-electron chi connectivity index (χ1n) is 8.19. The van der Waals surface area contributed by atoms with Crippen LogP contribution in [0.1, 0.15) is 48.9 Å². The average molecular weight is 304 g/mol. The van der Waals surface area contributed by atoms with Crippen LogP contribution in [0.5, 0.6) is 5.75 Å². The molecule has 4 aliphatic carbocycles. The van der Waals surface area contributed by atoms with Crippen molar-refractivity contribution in [2.75, 3.05) is 6.61 Å². The summed E-state index contributed by atoms with van der Waals surface area (Å²) in [4.78, 5) is 10.8. The van der Waals surface area contributed by atoms with E-state index in [1.165, 1.54) is 50.7 Å². The highest BCUT2D eigenvalue weighted by Gasteiger charge is 2.51. The summed E-state index contributed by atoms with van der Waals surface area (Å²) in [6, 6.07) is 4.05. The van der Waals surface area contributed by atoms with Crippen molar-refractivity contribution in [2.24, 2.45) is 23.2 Å². The van der Waals surface area contributed by atoms with Gasteiger partial charge in [0.25, 0.3) is 0 Å². The molecule has 4 aliphatic rings. The summed E-state index contributed by atoms with van der Waals surface area (Å²) in [5, 5.41) is 8.86. The summed E-state index contributed by atoms with van der Waals surface area (Å²) >= 11 is 0. The minimum absolute atomic E-state index is 0.274. The summed E-state index contributed by atoms with van der Waals surface area (Å²) in [5.74, 6) is 1.06. The van der Waals surface area contributed by atoms with Gasteiger partial charge in [0.05, 0.1) is 12.2 Å². The van der Waals surface area contributed by atoms with Gasteiger partial charge in [-0.15, -0.1) is 0 Å². The molecule has 4 heteroatoms. The minimum Gasteiger partial charge on any atom is -0.493 e. The maximum absolute atomic E-state index is 13.7. The molecule has 0 aromatic heterocycles. The predicted molar refractivity (Wildman–Crippen MR) is 79.5 cm³/mol. The topological polar surface area (TPSA) is 46.5 Å². The quantitative estimate of drug-likeness (QED) is 0.910. The second-order valence-corrected chi connectivity index (χ2v) is 7.65. The molecule has 4 saturated carbocycles. The zero-order valence-corrected chi connectivity index (χ0v) is 12.6. The number of rotatable bonds is 4. The standard InChI is InChI=1S/C18H21FO3/c19-16-6-14(1-2-15(16)17(20)21)22-10-18-7-11-3-12(8-18)5-13(4-11)9-18/h1-2,6,11-13H,3-5,7-10H2,(H,20,21). The molecule has 1 N–H and O–H groups in total. The Bertz CT molecular complexity index is 575. The summed E-state index contributed by atoms with van der Waals surface area (Å²) < 4.78 is 19.6. The SMILES string of the molecule is O=C(O)c1ccc(OCC23CC4CC(CC(C4)C2)C3)cc1F.